The highest BCUT2D eigenvalue weighted by molar-refractivity contribution is 5.28. The largest absolute Gasteiger partial charge is 0.310 e. The highest BCUT2D eigenvalue weighted by Gasteiger charge is 2.15. The van der Waals surface area contributed by atoms with Gasteiger partial charge in [0.1, 0.15) is 0 Å². The van der Waals surface area contributed by atoms with Crippen molar-refractivity contribution in [2.45, 2.75) is 45.7 Å². The van der Waals surface area contributed by atoms with Gasteiger partial charge in [-0.1, -0.05) is 38.1 Å². The number of rotatable bonds is 2. The van der Waals surface area contributed by atoms with Gasteiger partial charge in [-0.3, -0.25) is 0 Å². The molecule has 1 unspecified atom stereocenters. The third-order valence-electron chi connectivity index (χ3n) is 3.22. The molecule has 0 saturated heterocycles. The first-order chi connectivity index (χ1) is 7.25. The van der Waals surface area contributed by atoms with Crippen LogP contribution in [0.1, 0.15) is 37.8 Å². The summed E-state index contributed by atoms with van der Waals surface area (Å²) < 4.78 is 0. The first-order valence-corrected chi connectivity index (χ1v) is 6.06. The molecule has 1 atom stereocenters. The summed E-state index contributed by atoms with van der Waals surface area (Å²) in [4.78, 5) is 0. The highest BCUT2D eigenvalue weighted by atomic mass is 14.9. The first-order valence-electron chi connectivity index (χ1n) is 6.06. The normalized spacial score (nSPS) is 21.1. The van der Waals surface area contributed by atoms with Crippen LogP contribution in [-0.4, -0.2) is 6.04 Å². The summed E-state index contributed by atoms with van der Waals surface area (Å²) in [7, 11) is 0. The summed E-state index contributed by atoms with van der Waals surface area (Å²) in [5.74, 6) is 0.795. The molecule has 0 aromatic heterocycles. The minimum absolute atomic E-state index is 0.706. The standard InChI is InChI=1S/C14H21N/c1-11(2)9-14-8-7-12-5-3-4-6-13(12)10-15-14/h3-6,11,14-15H,7-10H2,1-2H3. The zero-order valence-electron chi connectivity index (χ0n) is 9.79. The van der Waals surface area contributed by atoms with Gasteiger partial charge in [0.05, 0.1) is 0 Å². The summed E-state index contributed by atoms with van der Waals surface area (Å²) >= 11 is 0. The quantitative estimate of drug-likeness (QED) is 0.778. The number of hydrogen-bond acceptors (Lipinski definition) is 1. The molecule has 15 heavy (non-hydrogen) atoms. The Morgan fingerprint density at radius 3 is 2.73 bits per heavy atom. The van der Waals surface area contributed by atoms with Gasteiger partial charge in [0, 0.05) is 12.6 Å². The molecule has 1 heteroatoms. The Morgan fingerprint density at radius 2 is 2.00 bits per heavy atom. The van der Waals surface area contributed by atoms with Gasteiger partial charge < -0.3 is 5.32 Å². The monoisotopic (exact) mass is 203 g/mol. The predicted octanol–water partition coefficient (Wildman–Crippen LogP) is 3.14. The van der Waals surface area contributed by atoms with E-state index in [0.717, 1.165) is 12.5 Å². The Balaban J connectivity index is 2.02. The lowest BCUT2D eigenvalue weighted by Crippen LogP contribution is -2.28. The zero-order valence-corrected chi connectivity index (χ0v) is 9.79. The summed E-state index contributed by atoms with van der Waals surface area (Å²) in [5, 5.41) is 3.67. The van der Waals surface area contributed by atoms with Crippen LogP contribution in [0.4, 0.5) is 0 Å². The van der Waals surface area contributed by atoms with Crippen molar-refractivity contribution in [3.8, 4) is 0 Å². The fourth-order valence-corrected chi connectivity index (χ4v) is 2.43. The van der Waals surface area contributed by atoms with Gasteiger partial charge >= 0.3 is 0 Å². The van der Waals surface area contributed by atoms with Crippen LogP contribution in [0.25, 0.3) is 0 Å². The molecule has 1 N–H and O–H groups in total. The van der Waals surface area contributed by atoms with E-state index in [-0.39, 0.29) is 0 Å². The molecule has 0 fully saturated rings. The van der Waals surface area contributed by atoms with Crippen molar-refractivity contribution in [1.29, 1.82) is 0 Å². The van der Waals surface area contributed by atoms with Crippen molar-refractivity contribution in [2.24, 2.45) is 5.92 Å². The Bertz CT molecular complexity index is 290. The SMILES string of the molecule is CC(C)CC1CCc2ccccc2CN1. The molecule has 1 aliphatic rings. The summed E-state index contributed by atoms with van der Waals surface area (Å²) in [6, 6.07) is 9.53. The lowest BCUT2D eigenvalue weighted by atomic mass is 9.98. The molecule has 0 aliphatic carbocycles. The molecule has 1 aliphatic heterocycles. The van der Waals surface area contributed by atoms with E-state index in [1.807, 2.05) is 0 Å². The van der Waals surface area contributed by atoms with E-state index in [1.165, 1.54) is 30.4 Å². The maximum absolute atomic E-state index is 3.67. The van der Waals surface area contributed by atoms with Gasteiger partial charge in [-0.15, -0.1) is 0 Å². The number of hydrogen-bond donors (Lipinski definition) is 1. The van der Waals surface area contributed by atoms with Crippen LogP contribution in [0.15, 0.2) is 24.3 Å². The van der Waals surface area contributed by atoms with Crippen molar-refractivity contribution >= 4 is 0 Å². The summed E-state index contributed by atoms with van der Waals surface area (Å²) in [6.45, 7) is 5.66. The summed E-state index contributed by atoms with van der Waals surface area (Å²) in [6.07, 6.45) is 3.82. The van der Waals surface area contributed by atoms with E-state index in [1.54, 1.807) is 0 Å². The highest BCUT2D eigenvalue weighted by Crippen LogP contribution is 2.19. The average Bonchev–Trinajstić information content (AvgIpc) is 2.41. The molecule has 1 heterocycles. The van der Waals surface area contributed by atoms with Crippen molar-refractivity contribution in [1.82, 2.24) is 5.32 Å². The second-order valence-corrected chi connectivity index (χ2v) is 5.01. The van der Waals surface area contributed by atoms with Gasteiger partial charge in [0.25, 0.3) is 0 Å². The van der Waals surface area contributed by atoms with E-state index in [2.05, 4.69) is 43.4 Å². The third-order valence-corrected chi connectivity index (χ3v) is 3.22. The molecular formula is C14H21N. The average molecular weight is 203 g/mol. The fraction of sp³-hybridized carbons (Fsp3) is 0.571. The molecule has 0 bridgehead atoms. The molecule has 0 saturated carbocycles. The molecule has 0 amide bonds. The van der Waals surface area contributed by atoms with Crippen molar-refractivity contribution in [3.05, 3.63) is 35.4 Å². The number of fused-ring (bicyclic) bond motifs is 1. The van der Waals surface area contributed by atoms with Crippen molar-refractivity contribution in [2.75, 3.05) is 0 Å². The molecule has 1 aromatic rings. The van der Waals surface area contributed by atoms with Crippen LogP contribution >= 0.6 is 0 Å². The van der Waals surface area contributed by atoms with E-state index in [4.69, 9.17) is 0 Å². The van der Waals surface area contributed by atoms with E-state index >= 15 is 0 Å². The maximum Gasteiger partial charge on any atom is 0.0210 e. The van der Waals surface area contributed by atoms with Gasteiger partial charge in [0.2, 0.25) is 0 Å². The molecule has 1 nitrogen and oxygen atoms in total. The number of aryl methyl sites for hydroxylation is 1. The molecule has 0 spiro atoms. The van der Waals surface area contributed by atoms with Crippen LogP contribution in [0.3, 0.4) is 0 Å². The van der Waals surface area contributed by atoms with Crippen molar-refractivity contribution < 1.29 is 0 Å². The van der Waals surface area contributed by atoms with E-state index in [0.29, 0.717) is 6.04 Å². The predicted molar refractivity (Wildman–Crippen MR) is 64.8 cm³/mol. The van der Waals surface area contributed by atoms with Crippen LogP contribution < -0.4 is 5.32 Å². The number of nitrogens with one attached hydrogen (secondary N) is 1. The second-order valence-electron chi connectivity index (χ2n) is 5.01. The minimum Gasteiger partial charge on any atom is -0.310 e. The van der Waals surface area contributed by atoms with Crippen LogP contribution in [-0.2, 0) is 13.0 Å². The zero-order chi connectivity index (χ0) is 10.7. The van der Waals surface area contributed by atoms with E-state index in [9.17, 15) is 0 Å². The lowest BCUT2D eigenvalue weighted by molar-refractivity contribution is 0.406. The van der Waals surface area contributed by atoms with Gasteiger partial charge in [-0.25, -0.2) is 0 Å². The first kappa shape index (κ1) is 10.7. The Kier molecular flexibility index (Phi) is 3.42. The Hall–Kier alpha value is -0.820. The summed E-state index contributed by atoms with van der Waals surface area (Å²) in [5.41, 5.74) is 3.03. The van der Waals surface area contributed by atoms with Crippen LogP contribution in [0.5, 0.6) is 0 Å². The lowest BCUT2D eigenvalue weighted by Gasteiger charge is -2.17. The van der Waals surface area contributed by atoms with E-state index < -0.39 is 0 Å². The van der Waals surface area contributed by atoms with Gasteiger partial charge in [-0.05, 0) is 36.3 Å². The van der Waals surface area contributed by atoms with Gasteiger partial charge in [-0.2, -0.15) is 0 Å². The number of benzene rings is 1. The molecular weight excluding hydrogens is 182 g/mol. The smallest absolute Gasteiger partial charge is 0.0210 e. The topological polar surface area (TPSA) is 12.0 Å². The maximum atomic E-state index is 3.67. The Labute approximate surface area is 92.9 Å². The molecule has 2 rings (SSSR count). The fourth-order valence-electron chi connectivity index (χ4n) is 2.43. The Morgan fingerprint density at radius 1 is 1.27 bits per heavy atom. The van der Waals surface area contributed by atoms with Crippen molar-refractivity contribution in [3.63, 3.8) is 0 Å². The van der Waals surface area contributed by atoms with Gasteiger partial charge in [0.15, 0.2) is 0 Å². The molecule has 1 aromatic carbocycles. The molecule has 0 radical (unpaired) electrons. The molecule has 82 valence electrons. The third kappa shape index (κ3) is 2.82. The minimum atomic E-state index is 0.706. The second kappa shape index (κ2) is 4.80. The van der Waals surface area contributed by atoms with Crippen LogP contribution in [0.2, 0.25) is 0 Å². The van der Waals surface area contributed by atoms with Crippen LogP contribution in [0, 0.1) is 5.92 Å².